The maximum atomic E-state index is 13.3. The van der Waals surface area contributed by atoms with E-state index in [-0.39, 0.29) is 24.6 Å². The first-order chi connectivity index (χ1) is 16.7. The number of hydrogen-bond acceptors (Lipinski definition) is 7. The maximum Gasteiger partial charge on any atom is 0.255 e. The Kier molecular flexibility index (Phi) is 9.09. The van der Waals surface area contributed by atoms with Crippen LogP contribution in [0.2, 0.25) is 0 Å². The molecule has 0 spiro atoms. The molecule has 0 saturated carbocycles. The van der Waals surface area contributed by atoms with E-state index in [1.807, 2.05) is 0 Å². The molecule has 1 amide bonds. The number of carbonyl (C=O) groups excluding carboxylic acids is 1. The van der Waals surface area contributed by atoms with Crippen LogP contribution in [0.5, 0.6) is 5.88 Å². The fraction of sp³-hybridized carbons (Fsp3) is 0.500. The molecule has 1 aliphatic heterocycles. The topological polar surface area (TPSA) is 108 Å². The molecular weight excluding hydrogens is 564 g/mol. The normalized spacial score (nSPS) is 17.4. The summed E-state index contributed by atoms with van der Waals surface area (Å²) < 4.78 is 20.3. The summed E-state index contributed by atoms with van der Waals surface area (Å²) in [6.45, 7) is 6.38. The molecule has 9 nitrogen and oxygen atoms in total. The van der Waals surface area contributed by atoms with E-state index >= 15 is 0 Å². The smallest absolute Gasteiger partial charge is 0.255 e. The lowest BCUT2D eigenvalue weighted by Crippen LogP contribution is -2.40. The second-order valence-corrected chi connectivity index (χ2v) is 9.97. The summed E-state index contributed by atoms with van der Waals surface area (Å²) in [4.78, 5) is 20.4. The first-order valence-corrected chi connectivity index (χ1v) is 13.0. The molecular formula is C24H33FIN7O2. The van der Waals surface area contributed by atoms with E-state index in [0.29, 0.717) is 40.3 Å². The number of rotatable bonds is 11. The molecule has 0 bridgehead atoms. The fourth-order valence-electron chi connectivity index (χ4n) is 4.20. The van der Waals surface area contributed by atoms with Crippen LogP contribution < -0.4 is 20.3 Å². The van der Waals surface area contributed by atoms with Crippen molar-refractivity contribution in [2.75, 3.05) is 42.7 Å². The van der Waals surface area contributed by atoms with E-state index in [2.05, 4.69) is 57.1 Å². The van der Waals surface area contributed by atoms with Gasteiger partial charge in [0.2, 0.25) is 5.88 Å². The number of carbonyl (C=O) groups is 1. The number of amides is 1. The van der Waals surface area contributed by atoms with Crippen molar-refractivity contribution in [3.05, 3.63) is 41.7 Å². The second-order valence-electron chi connectivity index (χ2n) is 9.09. The Labute approximate surface area is 219 Å². The highest BCUT2D eigenvalue weighted by molar-refractivity contribution is 14.1. The van der Waals surface area contributed by atoms with E-state index in [1.54, 1.807) is 49.2 Å². The average molecular weight is 597 g/mol. The summed E-state index contributed by atoms with van der Waals surface area (Å²) in [5, 5.41) is 18.1. The number of ether oxygens (including phenoxy) is 1. The molecule has 3 rings (SSSR count). The third-order valence-corrected chi connectivity index (χ3v) is 7.15. The van der Waals surface area contributed by atoms with Crippen LogP contribution in [0.15, 0.2) is 36.2 Å². The average Bonchev–Trinajstić information content (AvgIpc) is 3.43. The van der Waals surface area contributed by atoms with Gasteiger partial charge in [0.1, 0.15) is 19.1 Å². The zero-order chi connectivity index (χ0) is 25.6. The highest BCUT2D eigenvalue weighted by atomic mass is 127. The van der Waals surface area contributed by atoms with E-state index in [0.717, 1.165) is 17.4 Å². The minimum absolute atomic E-state index is 0.0618. The van der Waals surface area contributed by atoms with Crippen molar-refractivity contribution >= 4 is 40.0 Å². The summed E-state index contributed by atoms with van der Waals surface area (Å²) >= 11 is 2.41. The lowest BCUT2D eigenvalue weighted by Gasteiger charge is -2.34. The molecule has 0 aromatic carbocycles. The molecule has 0 radical (unpaired) electrons. The molecule has 35 heavy (non-hydrogen) atoms. The Balaban J connectivity index is 1.97. The van der Waals surface area contributed by atoms with E-state index in [9.17, 15) is 9.18 Å². The standard InChI is InChI=1S/C24H33FIN7O2/c1-16(27)18(13-28-4)14-29-23(34)19-5-6-20(33-9-7-21(31-33)35-10-8-25)30-22(19)32-15-17(12-26)11-24(32,2)3/h5-7,9,13,17,27-28H,8,10-12,14-15H2,1-4H3,(H,29,34)/b18-13-,27-16?. The van der Waals surface area contributed by atoms with Gasteiger partial charge in [0, 0.05) is 59.9 Å². The molecule has 2 aromatic rings. The molecule has 1 aliphatic rings. The number of nitrogens with one attached hydrogen (secondary N) is 3. The van der Waals surface area contributed by atoms with Crippen LogP contribution in [0.4, 0.5) is 10.2 Å². The minimum atomic E-state index is -0.593. The van der Waals surface area contributed by atoms with E-state index in [4.69, 9.17) is 15.1 Å². The van der Waals surface area contributed by atoms with Crippen LogP contribution in [-0.4, -0.2) is 69.8 Å². The van der Waals surface area contributed by atoms with Crippen molar-refractivity contribution in [1.82, 2.24) is 25.4 Å². The molecule has 190 valence electrons. The molecule has 11 heteroatoms. The van der Waals surface area contributed by atoms with Gasteiger partial charge in [-0.3, -0.25) is 4.79 Å². The number of aromatic nitrogens is 3. The van der Waals surface area contributed by atoms with Gasteiger partial charge in [-0.15, -0.1) is 5.10 Å². The van der Waals surface area contributed by atoms with Crippen molar-refractivity contribution in [3.8, 4) is 11.7 Å². The molecule has 3 N–H and O–H groups in total. The molecule has 1 saturated heterocycles. The highest BCUT2D eigenvalue weighted by Crippen LogP contribution is 2.38. The van der Waals surface area contributed by atoms with Crippen molar-refractivity contribution in [3.63, 3.8) is 0 Å². The summed E-state index contributed by atoms with van der Waals surface area (Å²) in [6, 6.07) is 5.14. The molecule has 1 fully saturated rings. The van der Waals surface area contributed by atoms with Gasteiger partial charge in [-0.1, -0.05) is 22.6 Å². The third kappa shape index (κ3) is 6.50. The SMILES string of the molecule is CN/C=C(/CNC(=O)c1ccc(-n2ccc(OCCF)n2)nc1N1CC(CI)CC1(C)C)C(C)=N. The zero-order valence-electron chi connectivity index (χ0n) is 20.6. The van der Waals surface area contributed by atoms with Crippen molar-refractivity contribution in [2.24, 2.45) is 5.92 Å². The lowest BCUT2D eigenvalue weighted by molar-refractivity contribution is 0.0957. The summed E-state index contributed by atoms with van der Waals surface area (Å²) in [7, 11) is 1.76. The summed E-state index contributed by atoms with van der Waals surface area (Å²) in [6.07, 6.45) is 4.40. The van der Waals surface area contributed by atoms with Gasteiger partial charge in [-0.2, -0.15) is 0 Å². The molecule has 0 aliphatic carbocycles. The van der Waals surface area contributed by atoms with Crippen molar-refractivity contribution in [2.45, 2.75) is 32.7 Å². The monoisotopic (exact) mass is 597 g/mol. The fourth-order valence-corrected chi connectivity index (χ4v) is 4.79. The maximum absolute atomic E-state index is 13.3. The molecule has 1 unspecified atom stereocenters. The molecule has 1 atom stereocenters. The Morgan fingerprint density at radius 3 is 2.80 bits per heavy atom. The Hall–Kier alpha value is -2.70. The van der Waals surface area contributed by atoms with Gasteiger partial charge in [0.25, 0.3) is 5.91 Å². The quantitative estimate of drug-likeness (QED) is 0.208. The first kappa shape index (κ1) is 26.9. The van der Waals surface area contributed by atoms with Crippen LogP contribution in [0.25, 0.3) is 5.82 Å². The highest BCUT2D eigenvalue weighted by Gasteiger charge is 2.40. The number of alkyl halides is 2. The minimum Gasteiger partial charge on any atom is -0.474 e. The van der Waals surface area contributed by atoms with Gasteiger partial charge in [-0.25, -0.2) is 14.1 Å². The summed E-state index contributed by atoms with van der Waals surface area (Å²) in [5.74, 6) is 1.66. The van der Waals surface area contributed by atoms with Crippen LogP contribution in [-0.2, 0) is 0 Å². The third-order valence-electron chi connectivity index (χ3n) is 5.90. The Morgan fingerprint density at radius 2 is 2.17 bits per heavy atom. The van der Waals surface area contributed by atoms with Gasteiger partial charge in [0.05, 0.1) is 5.56 Å². The van der Waals surface area contributed by atoms with Crippen LogP contribution >= 0.6 is 22.6 Å². The van der Waals surface area contributed by atoms with Crippen molar-refractivity contribution in [1.29, 1.82) is 5.41 Å². The summed E-state index contributed by atoms with van der Waals surface area (Å²) in [5.41, 5.74) is 1.35. The lowest BCUT2D eigenvalue weighted by atomic mass is 9.97. The Morgan fingerprint density at radius 1 is 1.40 bits per heavy atom. The van der Waals surface area contributed by atoms with Gasteiger partial charge in [0.15, 0.2) is 5.82 Å². The van der Waals surface area contributed by atoms with Crippen LogP contribution in [0.1, 0.15) is 37.6 Å². The number of anilines is 1. The van der Waals surface area contributed by atoms with Crippen LogP contribution in [0.3, 0.4) is 0 Å². The predicted octanol–water partition coefficient (Wildman–Crippen LogP) is 3.53. The number of hydrogen-bond donors (Lipinski definition) is 3. The number of pyridine rings is 1. The van der Waals surface area contributed by atoms with Crippen LogP contribution in [0, 0.1) is 11.3 Å². The first-order valence-electron chi connectivity index (χ1n) is 11.5. The van der Waals surface area contributed by atoms with E-state index in [1.165, 1.54) is 0 Å². The van der Waals surface area contributed by atoms with Crippen molar-refractivity contribution < 1.29 is 13.9 Å². The van der Waals surface area contributed by atoms with E-state index < -0.39 is 6.67 Å². The Bertz CT molecular complexity index is 1090. The largest absolute Gasteiger partial charge is 0.474 e. The molecule has 3 heterocycles. The number of nitrogens with zero attached hydrogens (tertiary/aromatic N) is 4. The number of halogens is 2. The van der Waals surface area contributed by atoms with Gasteiger partial charge < -0.3 is 25.7 Å². The second kappa shape index (κ2) is 11.8. The van der Waals surface area contributed by atoms with Gasteiger partial charge in [-0.05, 0) is 45.2 Å². The molecule has 2 aromatic heterocycles. The predicted molar refractivity (Wildman–Crippen MR) is 144 cm³/mol. The van der Waals surface area contributed by atoms with Gasteiger partial charge >= 0.3 is 0 Å². The zero-order valence-corrected chi connectivity index (χ0v) is 22.7.